The van der Waals surface area contributed by atoms with Crippen LogP contribution in [0, 0.1) is 5.92 Å². The molecule has 0 aliphatic rings. The molecule has 122 valence electrons. The van der Waals surface area contributed by atoms with Gasteiger partial charge in [0.2, 0.25) is 5.91 Å². The molecular weight excluding hydrogens is 278 g/mol. The van der Waals surface area contributed by atoms with Crippen LogP contribution in [0.2, 0.25) is 0 Å². The summed E-state index contributed by atoms with van der Waals surface area (Å²) in [5, 5.41) is 12.4. The molecule has 0 spiro atoms. The average molecular weight is 305 g/mol. The van der Waals surface area contributed by atoms with E-state index in [-0.39, 0.29) is 11.7 Å². The van der Waals surface area contributed by atoms with E-state index in [1.165, 1.54) is 7.11 Å². The topological polar surface area (TPSA) is 58.6 Å². The summed E-state index contributed by atoms with van der Waals surface area (Å²) < 4.78 is 5.04. The number of amides is 1. The standard InChI is InChI=1S/C18H27NO3/c1-4-14(2)8-6-5-7-9-18(21)19-13-15-10-11-16(20)17(12-15)22-3/h6,8,10-12,14,20H,4-5,7,9,13H2,1-3H3,(H,19,21)/b8-6+. The van der Waals surface area contributed by atoms with Crippen LogP contribution in [0.1, 0.15) is 45.1 Å². The van der Waals surface area contributed by atoms with E-state index in [1.54, 1.807) is 18.2 Å². The Morgan fingerprint density at radius 1 is 1.45 bits per heavy atom. The first-order valence-corrected chi connectivity index (χ1v) is 7.86. The number of carbonyl (C=O) groups excluding carboxylic acids is 1. The second kappa shape index (κ2) is 9.87. The molecule has 22 heavy (non-hydrogen) atoms. The van der Waals surface area contributed by atoms with Gasteiger partial charge >= 0.3 is 0 Å². The first-order valence-electron chi connectivity index (χ1n) is 7.86. The van der Waals surface area contributed by atoms with E-state index >= 15 is 0 Å². The number of phenolic OH excluding ortho intramolecular Hbond substituents is 1. The number of ether oxygens (including phenoxy) is 1. The van der Waals surface area contributed by atoms with Crippen LogP contribution in [0.5, 0.6) is 11.5 Å². The van der Waals surface area contributed by atoms with Gasteiger partial charge in [-0.05, 0) is 36.5 Å². The van der Waals surface area contributed by atoms with Crippen LogP contribution in [0.25, 0.3) is 0 Å². The molecule has 0 radical (unpaired) electrons. The molecule has 0 heterocycles. The van der Waals surface area contributed by atoms with E-state index in [0.29, 0.717) is 24.6 Å². The predicted molar refractivity (Wildman–Crippen MR) is 89.0 cm³/mol. The summed E-state index contributed by atoms with van der Waals surface area (Å²) in [7, 11) is 1.50. The Morgan fingerprint density at radius 2 is 2.23 bits per heavy atom. The molecule has 4 nitrogen and oxygen atoms in total. The van der Waals surface area contributed by atoms with Crippen LogP contribution >= 0.6 is 0 Å². The van der Waals surface area contributed by atoms with Crippen molar-refractivity contribution in [3.05, 3.63) is 35.9 Å². The lowest BCUT2D eigenvalue weighted by Gasteiger charge is -2.08. The summed E-state index contributed by atoms with van der Waals surface area (Å²) in [4.78, 5) is 11.8. The fraction of sp³-hybridized carbons (Fsp3) is 0.500. The molecule has 1 amide bonds. The van der Waals surface area contributed by atoms with Crippen LogP contribution < -0.4 is 10.1 Å². The van der Waals surface area contributed by atoms with Crippen molar-refractivity contribution in [1.82, 2.24) is 5.32 Å². The highest BCUT2D eigenvalue weighted by Gasteiger charge is 2.04. The molecule has 1 atom stereocenters. The monoisotopic (exact) mass is 305 g/mol. The number of carbonyl (C=O) groups is 1. The van der Waals surface area contributed by atoms with Gasteiger partial charge < -0.3 is 15.2 Å². The van der Waals surface area contributed by atoms with E-state index in [1.807, 2.05) is 0 Å². The molecule has 0 saturated heterocycles. The average Bonchev–Trinajstić information content (AvgIpc) is 2.53. The third-order valence-corrected chi connectivity index (χ3v) is 3.62. The minimum absolute atomic E-state index is 0.0454. The normalized spacial score (nSPS) is 12.3. The molecule has 0 fully saturated rings. The first-order chi connectivity index (χ1) is 10.6. The maximum Gasteiger partial charge on any atom is 0.220 e. The van der Waals surface area contributed by atoms with Gasteiger partial charge in [-0.15, -0.1) is 0 Å². The van der Waals surface area contributed by atoms with Crippen molar-refractivity contribution >= 4 is 5.91 Å². The van der Waals surface area contributed by atoms with E-state index in [9.17, 15) is 9.90 Å². The van der Waals surface area contributed by atoms with Crippen molar-refractivity contribution in [1.29, 1.82) is 0 Å². The van der Waals surface area contributed by atoms with Crippen LogP contribution in [0.15, 0.2) is 30.4 Å². The van der Waals surface area contributed by atoms with Gasteiger partial charge in [0.1, 0.15) is 0 Å². The Kier molecular flexibility index (Phi) is 8.11. The van der Waals surface area contributed by atoms with Gasteiger partial charge in [-0.2, -0.15) is 0 Å². The Morgan fingerprint density at radius 3 is 2.91 bits per heavy atom. The number of hydrogen-bond donors (Lipinski definition) is 2. The lowest BCUT2D eigenvalue weighted by Crippen LogP contribution is -2.22. The number of hydrogen-bond acceptors (Lipinski definition) is 3. The zero-order valence-corrected chi connectivity index (χ0v) is 13.8. The number of unbranched alkanes of at least 4 members (excludes halogenated alkanes) is 1. The third-order valence-electron chi connectivity index (χ3n) is 3.62. The Bertz CT molecular complexity index is 497. The van der Waals surface area contributed by atoms with E-state index in [0.717, 1.165) is 24.8 Å². The Labute approximate surface area is 133 Å². The summed E-state index contributed by atoms with van der Waals surface area (Å²) in [5.41, 5.74) is 0.902. The summed E-state index contributed by atoms with van der Waals surface area (Å²) in [6.07, 6.45) is 7.84. The molecule has 1 rings (SSSR count). The maximum atomic E-state index is 11.8. The zero-order chi connectivity index (χ0) is 16.4. The molecule has 1 unspecified atom stereocenters. The minimum Gasteiger partial charge on any atom is -0.504 e. The molecule has 2 N–H and O–H groups in total. The molecule has 0 saturated carbocycles. The lowest BCUT2D eigenvalue weighted by molar-refractivity contribution is -0.121. The SMILES string of the molecule is CCC(C)/C=C/CCCC(=O)NCc1ccc(O)c(OC)c1. The highest BCUT2D eigenvalue weighted by molar-refractivity contribution is 5.75. The number of methoxy groups -OCH3 is 1. The summed E-state index contributed by atoms with van der Waals surface area (Å²) >= 11 is 0. The summed E-state index contributed by atoms with van der Waals surface area (Å²) in [5.74, 6) is 1.18. The first kappa shape index (κ1) is 18.1. The van der Waals surface area contributed by atoms with Gasteiger partial charge in [-0.1, -0.05) is 38.5 Å². The molecule has 0 aliphatic heterocycles. The second-order valence-corrected chi connectivity index (χ2v) is 5.49. The fourth-order valence-corrected chi connectivity index (χ4v) is 1.97. The van der Waals surface area contributed by atoms with Crippen LogP contribution in [0.4, 0.5) is 0 Å². The van der Waals surface area contributed by atoms with E-state index in [4.69, 9.17) is 4.74 Å². The van der Waals surface area contributed by atoms with E-state index < -0.39 is 0 Å². The summed E-state index contributed by atoms with van der Waals surface area (Å²) in [6.45, 7) is 4.80. The Hall–Kier alpha value is -1.97. The molecular formula is C18H27NO3. The number of allylic oxidation sites excluding steroid dienone is 2. The Balaban J connectivity index is 2.27. The van der Waals surface area contributed by atoms with Crippen molar-refractivity contribution in [2.75, 3.05) is 7.11 Å². The van der Waals surface area contributed by atoms with Crippen LogP contribution in [-0.4, -0.2) is 18.1 Å². The molecule has 1 aromatic carbocycles. The highest BCUT2D eigenvalue weighted by Crippen LogP contribution is 2.26. The third kappa shape index (κ3) is 6.66. The second-order valence-electron chi connectivity index (χ2n) is 5.49. The van der Waals surface area contributed by atoms with Gasteiger partial charge in [0, 0.05) is 13.0 Å². The van der Waals surface area contributed by atoms with Gasteiger partial charge in [-0.3, -0.25) is 4.79 Å². The van der Waals surface area contributed by atoms with Gasteiger partial charge in [0.15, 0.2) is 11.5 Å². The maximum absolute atomic E-state index is 11.8. The highest BCUT2D eigenvalue weighted by atomic mass is 16.5. The van der Waals surface area contributed by atoms with E-state index in [2.05, 4.69) is 31.3 Å². The summed E-state index contributed by atoms with van der Waals surface area (Å²) in [6, 6.07) is 5.07. The number of phenols is 1. The zero-order valence-electron chi connectivity index (χ0n) is 13.8. The largest absolute Gasteiger partial charge is 0.504 e. The van der Waals surface area contributed by atoms with Gasteiger partial charge in [-0.25, -0.2) is 0 Å². The van der Waals surface area contributed by atoms with Crippen molar-refractivity contribution in [3.8, 4) is 11.5 Å². The molecule has 4 heteroatoms. The smallest absolute Gasteiger partial charge is 0.220 e. The van der Waals surface area contributed by atoms with Crippen molar-refractivity contribution in [2.45, 2.75) is 46.1 Å². The lowest BCUT2D eigenvalue weighted by atomic mass is 10.1. The van der Waals surface area contributed by atoms with Crippen molar-refractivity contribution < 1.29 is 14.6 Å². The van der Waals surface area contributed by atoms with Crippen molar-refractivity contribution in [2.24, 2.45) is 5.92 Å². The predicted octanol–water partition coefficient (Wildman–Crippen LogP) is 3.79. The van der Waals surface area contributed by atoms with Crippen molar-refractivity contribution in [3.63, 3.8) is 0 Å². The number of aromatic hydroxyl groups is 1. The number of rotatable bonds is 9. The van der Waals surface area contributed by atoms with Crippen LogP contribution in [-0.2, 0) is 11.3 Å². The number of benzene rings is 1. The molecule has 0 aliphatic carbocycles. The minimum atomic E-state index is 0.0454. The number of nitrogens with one attached hydrogen (secondary N) is 1. The molecule has 1 aromatic rings. The van der Waals surface area contributed by atoms with Gasteiger partial charge in [0.25, 0.3) is 0 Å². The fourth-order valence-electron chi connectivity index (χ4n) is 1.97. The molecule has 0 aromatic heterocycles. The quantitative estimate of drug-likeness (QED) is 0.539. The van der Waals surface area contributed by atoms with Crippen LogP contribution in [0.3, 0.4) is 0 Å². The molecule has 0 bridgehead atoms. The van der Waals surface area contributed by atoms with Gasteiger partial charge in [0.05, 0.1) is 7.11 Å².